The number of phosphoric ester groups is 1. The zero-order valence-electron chi connectivity index (χ0n) is 50.8. The summed E-state index contributed by atoms with van der Waals surface area (Å²) in [6.07, 6.45) is 44.9. The Bertz CT molecular complexity index is 1760. The van der Waals surface area contributed by atoms with Gasteiger partial charge in [0, 0.05) is 25.5 Å². The first-order valence-corrected chi connectivity index (χ1v) is 34.2. The third-order valence-corrected chi connectivity index (χ3v) is 17.1. The molecule has 80 heavy (non-hydrogen) atoms. The Kier molecular flexibility index (Phi) is 45.2. The number of Topliss-reactive ketones (excluding diaryl/α,β-unsaturated/α-hetero) is 1. The van der Waals surface area contributed by atoms with Crippen LogP contribution in [0.15, 0.2) is 17.1 Å². The molecular formula is C63H116F2N3O11P. The van der Waals surface area contributed by atoms with Crippen molar-refractivity contribution in [3.8, 4) is 0 Å². The normalized spacial score (nSPS) is 17.2. The molecule has 0 saturated carbocycles. The van der Waals surface area contributed by atoms with Gasteiger partial charge in [0.05, 0.1) is 18.6 Å². The maximum absolute atomic E-state index is 16.5. The molecular weight excluding hydrogens is 1040 g/mol. The van der Waals surface area contributed by atoms with Crippen LogP contribution < -0.4 is 11.4 Å². The van der Waals surface area contributed by atoms with Crippen LogP contribution in [0.4, 0.5) is 14.6 Å². The smallest absolute Gasteiger partial charge is 0.438 e. The Morgan fingerprint density at radius 1 is 0.613 bits per heavy atom. The fourth-order valence-electron chi connectivity index (χ4n) is 10.7. The maximum Gasteiger partial charge on any atom is 0.479 e. The van der Waals surface area contributed by atoms with Gasteiger partial charge in [-0.25, -0.2) is 22.7 Å². The highest BCUT2D eigenvalue weighted by Crippen LogP contribution is 2.53. The molecule has 0 amide bonds. The van der Waals surface area contributed by atoms with Gasteiger partial charge in [-0.05, 0) is 31.7 Å². The van der Waals surface area contributed by atoms with Crippen molar-refractivity contribution in [2.45, 2.75) is 341 Å². The molecule has 468 valence electrons. The van der Waals surface area contributed by atoms with Crippen LogP contribution in [0, 0.1) is 5.92 Å². The van der Waals surface area contributed by atoms with E-state index in [0.29, 0.717) is 30.3 Å². The zero-order valence-corrected chi connectivity index (χ0v) is 51.7. The largest absolute Gasteiger partial charge is 0.479 e. The molecule has 1 fully saturated rings. The van der Waals surface area contributed by atoms with E-state index in [1.807, 2.05) is 0 Å². The fraction of sp³-hybridized carbons (Fsp3) is 0.905. The minimum atomic E-state index is -4.78. The number of aliphatic hydroxyl groups excluding tert-OH is 1. The Labute approximate surface area is 484 Å². The van der Waals surface area contributed by atoms with E-state index in [9.17, 15) is 24.1 Å². The van der Waals surface area contributed by atoms with Crippen molar-refractivity contribution >= 4 is 25.4 Å². The summed E-state index contributed by atoms with van der Waals surface area (Å²) in [5.74, 6) is -6.77. The number of alkyl halides is 2. The van der Waals surface area contributed by atoms with Gasteiger partial charge in [0.1, 0.15) is 11.6 Å². The molecule has 2 heterocycles. The van der Waals surface area contributed by atoms with Gasteiger partial charge in [-0.1, -0.05) is 271 Å². The van der Waals surface area contributed by atoms with Crippen LogP contribution >= 0.6 is 7.82 Å². The number of nitrogens with zero attached hydrogens (tertiary/aromatic N) is 2. The second kappa shape index (κ2) is 49.0. The quantitative estimate of drug-likeness (QED) is 0.0272. The average molecular weight is 1160 g/mol. The topological polar surface area (TPSA) is 188 Å². The van der Waals surface area contributed by atoms with Gasteiger partial charge in [0.15, 0.2) is 13.1 Å². The summed E-state index contributed by atoms with van der Waals surface area (Å²) in [6, 6.07) is 1.19. The number of carbonyl (C=O) groups is 2. The lowest BCUT2D eigenvalue weighted by molar-refractivity contribution is -0.159. The van der Waals surface area contributed by atoms with Crippen LogP contribution in [0.25, 0.3) is 0 Å². The number of anilines is 1. The molecule has 17 heteroatoms. The third-order valence-electron chi connectivity index (χ3n) is 15.8. The molecule has 0 radical (unpaired) electrons. The molecule has 3 unspecified atom stereocenters. The molecule has 1 aromatic heterocycles. The number of hydrogen-bond acceptors (Lipinski definition) is 13. The van der Waals surface area contributed by atoms with Gasteiger partial charge < -0.3 is 25.1 Å². The molecule has 0 aromatic carbocycles. The number of aliphatic hydroxyl groups is 1. The number of hydrogen-bond donors (Lipinski definition) is 2. The highest BCUT2D eigenvalue weighted by atomic mass is 31.2. The number of halogens is 2. The standard InChI is InChI=1S/C63H116F2N3O11P/c1-4-7-10-13-16-19-22-25-28-31-34-37-40-43-46-55(69)51-56-57(79-61(63(56,64)65)68-50-49-58(66)67-62(68)72)52-76-80(73,77-53-74-59(70)47-44-41-38-35-32-29-26-23-20-17-14-11-8-5-2)78-54-75-60(71)48-45-42-39-36-33-30-27-24-21-18-15-12-9-6-3/h49-50,56-57,59,61,70H,4-48,51-54H2,1-3H3,(H2,66,67,72)/t56-,57?,59?,61-,80?/m1/s1. The van der Waals surface area contributed by atoms with Crippen molar-refractivity contribution in [2.24, 2.45) is 5.92 Å². The monoisotopic (exact) mass is 1160 g/mol. The fourth-order valence-corrected chi connectivity index (χ4v) is 11.6. The van der Waals surface area contributed by atoms with Crippen molar-refractivity contribution < 1.29 is 55.8 Å². The molecule has 1 aromatic rings. The van der Waals surface area contributed by atoms with Crippen molar-refractivity contribution in [3.63, 3.8) is 0 Å². The molecule has 1 aliphatic rings. The number of unbranched alkanes of at least 4 members (excludes halogenated alkanes) is 39. The number of nitrogen functional groups attached to an aromatic ring is 1. The van der Waals surface area contributed by atoms with Crippen LogP contribution in [-0.2, 0) is 41.9 Å². The Morgan fingerprint density at radius 2 is 1.00 bits per heavy atom. The number of ketones is 1. The predicted molar refractivity (Wildman–Crippen MR) is 318 cm³/mol. The molecule has 5 atom stereocenters. The van der Waals surface area contributed by atoms with E-state index in [1.54, 1.807) is 0 Å². The van der Waals surface area contributed by atoms with Crippen molar-refractivity contribution in [1.29, 1.82) is 0 Å². The summed E-state index contributed by atoms with van der Waals surface area (Å²) in [5.41, 5.74) is 4.59. The molecule has 0 bridgehead atoms. The summed E-state index contributed by atoms with van der Waals surface area (Å²) < 4.78 is 80.9. The first-order valence-electron chi connectivity index (χ1n) is 32.7. The van der Waals surface area contributed by atoms with Gasteiger partial charge in [-0.15, -0.1) is 0 Å². The van der Waals surface area contributed by atoms with Crippen LogP contribution in [0.3, 0.4) is 0 Å². The number of nitrogens with two attached hydrogens (primary N) is 1. The van der Waals surface area contributed by atoms with Crippen LogP contribution in [0.2, 0.25) is 0 Å². The van der Waals surface area contributed by atoms with Crippen molar-refractivity contribution in [3.05, 3.63) is 22.7 Å². The minimum absolute atomic E-state index is 0.0840. The number of rotatable bonds is 58. The number of carbonyl (C=O) groups excluding carboxylic acids is 2. The molecule has 1 saturated heterocycles. The van der Waals surface area contributed by atoms with Crippen molar-refractivity contribution in [1.82, 2.24) is 9.55 Å². The molecule has 1 aliphatic heterocycles. The lowest BCUT2D eigenvalue weighted by Gasteiger charge is -2.24. The molecule has 14 nitrogen and oxygen atoms in total. The summed E-state index contributed by atoms with van der Waals surface area (Å²) >= 11 is 0. The lowest BCUT2D eigenvalue weighted by atomic mass is 9.90. The highest BCUT2D eigenvalue weighted by Gasteiger charge is 2.60. The van der Waals surface area contributed by atoms with Gasteiger partial charge in [-0.2, -0.15) is 4.98 Å². The van der Waals surface area contributed by atoms with E-state index in [4.69, 9.17) is 33.5 Å². The summed E-state index contributed by atoms with van der Waals surface area (Å²) in [7, 11) is -4.78. The van der Waals surface area contributed by atoms with Crippen LogP contribution in [0.5, 0.6) is 0 Å². The maximum atomic E-state index is 16.5. The first-order chi connectivity index (χ1) is 38.9. The van der Waals surface area contributed by atoms with Crippen molar-refractivity contribution in [2.75, 3.05) is 25.9 Å². The molecule has 0 aliphatic carbocycles. The predicted octanol–water partition coefficient (Wildman–Crippen LogP) is 18.5. The van der Waals surface area contributed by atoms with Gasteiger partial charge in [0.25, 0.3) is 5.92 Å². The third kappa shape index (κ3) is 37.1. The number of aromatic nitrogens is 2. The highest BCUT2D eigenvalue weighted by molar-refractivity contribution is 7.48. The minimum Gasteiger partial charge on any atom is -0.438 e. The summed E-state index contributed by atoms with van der Waals surface area (Å²) in [6.45, 7) is 4.28. The van der Waals surface area contributed by atoms with Crippen LogP contribution in [0.1, 0.15) is 322 Å². The molecule has 2 rings (SSSR count). The average Bonchev–Trinajstić information content (AvgIpc) is 3.71. The number of esters is 1. The zero-order chi connectivity index (χ0) is 58.2. The Balaban J connectivity index is 1.97. The van der Waals surface area contributed by atoms with E-state index in [-0.39, 0.29) is 18.7 Å². The van der Waals surface area contributed by atoms with E-state index in [2.05, 4.69) is 25.8 Å². The van der Waals surface area contributed by atoms with Crippen LogP contribution in [-0.4, -0.2) is 64.9 Å². The molecule has 0 spiro atoms. The SMILES string of the molecule is CCCCCCCCCCCCCCCCC(=O)C[C@@H]1C(COP(=O)(OCOC(=O)CCCCCCCCCCCCCCCC)OCOC(O)CCCCCCCCCCCCCCCC)O[C@@H](n2ccc(N)nc2=O)C1(F)F. The lowest BCUT2D eigenvalue weighted by Crippen LogP contribution is -2.39. The molecule has 3 N–H and O–H groups in total. The second-order valence-corrected chi connectivity index (χ2v) is 24.7. The van der Waals surface area contributed by atoms with Gasteiger partial charge >= 0.3 is 19.5 Å². The Morgan fingerprint density at radius 3 is 1.43 bits per heavy atom. The summed E-state index contributed by atoms with van der Waals surface area (Å²) in [5, 5.41) is 10.6. The second-order valence-electron chi connectivity index (χ2n) is 23.0. The van der Waals surface area contributed by atoms with E-state index >= 15 is 8.78 Å². The van der Waals surface area contributed by atoms with E-state index in [1.165, 1.54) is 192 Å². The van der Waals surface area contributed by atoms with E-state index < -0.39 is 82.3 Å². The first kappa shape index (κ1) is 73.8. The summed E-state index contributed by atoms with van der Waals surface area (Å²) in [4.78, 5) is 42.6. The Hall–Kier alpha value is -2.33. The number of ether oxygens (including phenoxy) is 3. The van der Waals surface area contributed by atoms with E-state index in [0.717, 1.165) is 70.4 Å². The van der Waals surface area contributed by atoms with Gasteiger partial charge in [0.2, 0.25) is 13.0 Å². The van der Waals surface area contributed by atoms with Gasteiger partial charge in [-0.3, -0.25) is 23.2 Å². The number of phosphoric acid groups is 1.